The Bertz CT molecular complexity index is 1190. The molecule has 7 heteroatoms. The summed E-state index contributed by atoms with van der Waals surface area (Å²) in [6.07, 6.45) is 0. The van der Waals surface area contributed by atoms with Crippen molar-refractivity contribution in [2.24, 2.45) is 10.2 Å². The summed E-state index contributed by atoms with van der Waals surface area (Å²) in [6, 6.07) is 9.56. The minimum atomic E-state index is -0.130. The average Bonchev–Trinajstić information content (AvgIpc) is 2.94. The number of rotatable bonds is 2. The predicted octanol–water partition coefficient (Wildman–Crippen LogP) is 4.87. The molecule has 3 heterocycles. The van der Waals surface area contributed by atoms with E-state index >= 15 is 0 Å². The van der Waals surface area contributed by atoms with Crippen LogP contribution in [0.4, 0.5) is 11.4 Å². The highest BCUT2D eigenvalue weighted by molar-refractivity contribution is 7.25. The van der Waals surface area contributed by atoms with Crippen LogP contribution in [-0.4, -0.2) is 15.0 Å². The van der Waals surface area contributed by atoms with Gasteiger partial charge in [0.05, 0.1) is 16.9 Å². The van der Waals surface area contributed by atoms with Crippen molar-refractivity contribution in [1.29, 1.82) is 0 Å². The summed E-state index contributed by atoms with van der Waals surface area (Å²) < 4.78 is 0.591. The zero-order valence-corrected chi connectivity index (χ0v) is 14.8. The molecule has 0 aliphatic rings. The lowest BCUT2D eigenvalue weighted by Gasteiger charge is -2.05. The summed E-state index contributed by atoms with van der Waals surface area (Å²) in [4.78, 5) is 24.9. The maximum atomic E-state index is 12.2. The maximum Gasteiger partial charge on any atom is 0.268 e. The van der Waals surface area contributed by atoms with Crippen molar-refractivity contribution in [2.45, 2.75) is 20.8 Å². The number of benzene rings is 1. The molecule has 0 spiro atoms. The van der Waals surface area contributed by atoms with Crippen molar-refractivity contribution in [3.8, 4) is 0 Å². The van der Waals surface area contributed by atoms with Gasteiger partial charge < -0.3 is 4.98 Å². The number of hydrogen-bond acceptors (Lipinski definition) is 6. The number of hydrogen-bond donors (Lipinski definition) is 1. The number of nitrogens with zero attached hydrogens (tertiary/aromatic N) is 4. The Morgan fingerprint density at radius 3 is 2.56 bits per heavy atom. The van der Waals surface area contributed by atoms with E-state index in [0.717, 1.165) is 32.8 Å². The fraction of sp³-hybridized carbons (Fsp3) is 0.167. The summed E-state index contributed by atoms with van der Waals surface area (Å²) in [6.45, 7) is 5.65. The Labute approximate surface area is 147 Å². The molecule has 0 unspecified atom stereocenters. The Morgan fingerprint density at radius 1 is 1.04 bits per heavy atom. The fourth-order valence-electron chi connectivity index (χ4n) is 2.85. The van der Waals surface area contributed by atoms with Gasteiger partial charge in [-0.25, -0.2) is 9.97 Å². The van der Waals surface area contributed by atoms with E-state index in [9.17, 15) is 4.79 Å². The molecule has 0 radical (unpaired) electrons. The molecular formula is C18H15N5OS. The molecule has 25 heavy (non-hydrogen) atoms. The molecule has 0 aliphatic carbocycles. The van der Waals surface area contributed by atoms with Crippen molar-refractivity contribution >= 4 is 43.1 Å². The topological polar surface area (TPSA) is 83.4 Å². The van der Waals surface area contributed by atoms with Gasteiger partial charge in [-0.15, -0.1) is 16.5 Å². The number of fused-ring (bicyclic) bond motifs is 3. The summed E-state index contributed by atoms with van der Waals surface area (Å²) in [7, 11) is 0. The van der Waals surface area contributed by atoms with Gasteiger partial charge >= 0.3 is 0 Å². The van der Waals surface area contributed by atoms with Crippen molar-refractivity contribution in [3.05, 3.63) is 57.8 Å². The zero-order valence-electron chi connectivity index (χ0n) is 14.0. The molecule has 1 aromatic carbocycles. The van der Waals surface area contributed by atoms with E-state index in [0.29, 0.717) is 16.0 Å². The lowest BCUT2D eigenvalue weighted by Crippen LogP contribution is -2.07. The minimum absolute atomic E-state index is 0.130. The second kappa shape index (κ2) is 5.86. The highest BCUT2D eigenvalue weighted by atomic mass is 32.1. The molecule has 0 fully saturated rings. The average molecular weight is 349 g/mol. The van der Waals surface area contributed by atoms with E-state index in [2.05, 4.69) is 25.2 Å². The van der Waals surface area contributed by atoms with Gasteiger partial charge in [0.25, 0.3) is 5.56 Å². The van der Waals surface area contributed by atoms with Gasteiger partial charge in [-0.3, -0.25) is 4.79 Å². The highest BCUT2D eigenvalue weighted by Crippen LogP contribution is 2.37. The first-order valence-electron chi connectivity index (χ1n) is 7.81. The number of H-pyrrole nitrogens is 1. The van der Waals surface area contributed by atoms with E-state index in [1.54, 1.807) is 6.92 Å². The molecule has 6 nitrogen and oxygen atoms in total. The summed E-state index contributed by atoms with van der Waals surface area (Å²) in [5, 5.41) is 9.59. The Kier molecular flexibility index (Phi) is 3.65. The second-order valence-corrected chi connectivity index (χ2v) is 6.82. The van der Waals surface area contributed by atoms with Gasteiger partial charge in [0, 0.05) is 5.39 Å². The van der Waals surface area contributed by atoms with Crippen LogP contribution in [0.3, 0.4) is 0 Å². The van der Waals surface area contributed by atoms with E-state index in [1.807, 2.05) is 44.2 Å². The van der Waals surface area contributed by atoms with E-state index < -0.39 is 0 Å². The second-order valence-electron chi connectivity index (χ2n) is 5.82. The first-order valence-corrected chi connectivity index (χ1v) is 8.63. The summed E-state index contributed by atoms with van der Waals surface area (Å²) in [5.74, 6) is 0.588. The third-order valence-corrected chi connectivity index (χ3v) is 5.08. The number of aromatic nitrogens is 3. The van der Waals surface area contributed by atoms with Crippen molar-refractivity contribution in [2.75, 3.05) is 0 Å². The molecule has 0 amide bonds. The first kappa shape index (κ1) is 15.6. The molecule has 0 saturated carbocycles. The molecule has 0 atom stereocenters. The summed E-state index contributed by atoms with van der Waals surface area (Å²) in [5.41, 5.74) is 3.77. The number of nitrogens with one attached hydrogen (secondary N) is 1. The first-order chi connectivity index (χ1) is 12.0. The van der Waals surface area contributed by atoms with E-state index in [4.69, 9.17) is 0 Å². The van der Waals surface area contributed by atoms with Crippen LogP contribution in [0.15, 0.2) is 45.4 Å². The van der Waals surface area contributed by atoms with Crippen LogP contribution < -0.4 is 5.56 Å². The van der Waals surface area contributed by atoms with Gasteiger partial charge in [0.15, 0.2) is 0 Å². The molecule has 0 saturated heterocycles. The van der Waals surface area contributed by atoms with Crippen LogP contribution in [0, 0.1) is 20.8 Å². The van der Waals surface area contributed by atoms with Crippen LogP contribution in [0.2, 0.25) is 0 Å². The van der Waals surface area contributed by atoms with Gasteiger partial charge in [0.1, 0.15) is 21.0 Å². The smallest absolute Gasteiger partial charge is 0.268 e. The molecular weight excluding hydrogens is 334 g/mol. The van der Waals surface area contributed by atoms with Crippen molar-refractivity contribution < 1.29 is 0 Å². The number of aryl methyl sites for hydroxylation is 3. The lowest BCUT2D eigenvalue weighted by atomic mass is 10.1. The van der Waals surface area contributed by atoms with Gasteiger partial charge in [0.2, 0.25) is 0 Å². The minimum Gasteiger partial charge on any atom is -0.310 e. The van der Waals surface area contributed by atoms with Gasteiger partial charge in [-0.2, -0.15) is 5.11 Å². The largest absolute Gasteiger partial charge is 0.310 e. The molecule has 4 aromatic rings. The SMILES string of the molecule is Cc1nc2c(sc3nc(C)c(N=Nc4ccccc4)c(C)c32)c(=O)[nH]1. The molecule has 0 aliphatic heterocycles. The molecule has 3 aromatic heterocycles. The van der Waals surface area contributed by atoms with Crippen LogP contribution in [-0.2, 0) is 0 Å². The van der Waals surface area contributed by atoms with Crippen LogP contribution in [0.1, 0.15) is 17.1 Å². The molecule has 0 bridgehead atoms. The van der Waals surface area contributed by atoms with Gasteiger partial charge in [-0.05, 0) is 38.5 Å². The van der Waals surface area contributed by atoms with E-state index in [1.165, 1.54) is 11.3 Å². The molecule has 1 N–H and O–H groups in total. The third-order valence-electron chi connectivity index (χ3n) is 4.01. The van der Waals surface area contributed by atoms with Gasteiger partial charge in [-0.1, -0.05) is 18.2 Å². The predicted molar refractivity (Wildman–Crippen MR) is 100 cm³/mol. The maximum absolute atomic E-state index is 12.2. The lowest BCUT2D eigenvalue weighted by molar-refractivity contribution is 1.06. The Balaban J connectivity index is 1.98. The van der Waals surface area contributed by atoms with Crippen molar-refractivity contribution in [1.82, 2.24) is 15.0 Å². The molecule has 124 valence electrons. The monoisotopic (exact) mass is 349 g/mol. The Hall–Kier alpha value is -2.93. The standard InChI is InChI=1S/C18H15N5OS/c1-9-13-15-16(17(24)21-11(3)20-15)25-18(13)19-10(2)14(9)23-22-12-7-5-4-6-8-12/h4-8H,1-3H3,(H,20,21,24). The number of aromatic amines is 1. The van der Waals surface area contributed by atoms with E-state index in [-0.39, 0.29) is 5.56 Å². The van der Waals surface area contributed by atoms with Crippen LogP contribution in [0.25, 0.3) is 20.4 Å². The zero-order chi connectivity index (χ0) is 17.6. The van der Waals surface area contributed by atoms with Crippen LogP contribution in [0.5, 0.6) is 0 Å². The molecule has 4 rings (SSSR count). The highest BCUT2D eigenvalue weighted by Gasteiger charge is 2.17. The fourth-order valence-corrected chi connectivity index (χ4v) is 3.97. The Morgan fingerprint density at radius 2 is 1.80 bits per heavy atom. The van der Waals surface area contributed by atoms with Crippen molar-refractivity contribution in [3.63, 3.8) is 0 Å². The number of thiophene rings is 1. The normalized spacial score (nSPS) is 11.8. The quantitative estimate of drug-likeness (QED) is 0.524. The summed E-state index contributed by atoms with van der Waals surface area (Å²) >= 11 is 1.36. The number of pyridine rings is 1. The number of azo groups is 1. The van der Waals surface area contributed by atoms with Crippen LogP contribution >= 0.6 is 11.3 Å². The third kappa shape index (κ3) is 2.62.